The van der Waals surface area contributed by atoms with Crippen LogP contribution in [0.5, 0.6) is 0 Å². The average Bonchev–Trinajstić information content (AvgIpc) is 2.10. The highest BCUT2D eigenvalue weighted by atomic mass is 31.1. The third kappa shape index (κ3) is 4.20. The van der Waals surface area contributed by atoms with Gasteiger partial charge >= 0.3 is 19.3 Å². The van der Waals surface area contributed by atoms with Crippen LogP contribution in [0.4, 0.5) is 0 Å². The Bertz CT molecular complexity index is 275. The maximum atomic E-state index is 10.6. The maximum Gasteiger partial charge on any atom is 0.374 e. The summed E-state index contributed by atoms with van der Waals surface area (Å²) in [5.41, 5.74) is 15.2. The third-order valence-electron chi connectivity index (χ3n) is 1.71. The van der Waals surface area contributed by atoms with Crippen molar-refractivity contribution in [1.82, 2.24) is 0 Å². The molecule has 0 aromatic rings. The number of guanidine groups is 1. The van der Waals surface area contributed by atoms with Crippen LogP contribution < -0.4 is 22.1 Å². The molecule has 0 aromatic carbocycles. The SMILES string of the molecule is NC(N)=NCCC[C@](N)(C(=O)O)[P+](=O)[O-]. The highest BCUT2D eigenvalue weighted by molar-refractivity contribution is 7.39. The highest BCUT2D eigenvalue weighted by Crippen LogP contribution is 2.31. The van der Waals surface area contributed by atoms with Gasteiger partial charge in [0.05, 0.1) is 0 Å². The van der Waals surface area contributed by atoms with Crippen LogP contribution in [0.15, 0.2) is 4.99 Å². The number of carboxylic acids is 1. The zero-order valence-electron chi connectivity index (χ0n) is 7.92. The van der Waals surface area contributed by atoms with E-state index in [-0.39, 0.29) is 25.3 Å². The molecular weight excluding hydrogens is 223 g/mol. The molecule has 0 amide bonds. The largest absolute Gasteiger partial charge is 0.594 e. The minimum absolute atomic E-state index is 0.137. The van der Waals surface area contributed by atoms with Gasteiger partial charge in [0.25, 0.3) is 0 Å². The molecule has 0 heterocycles. The lowest BCUT2D eigenvalue weighted by Gasteiger charge is -2.14. The number of nitrogens with two attached hydrogens (primary N) is 3. The van der Waals surface area contributed by atoms with E-state index in [0.29, 0.717) is 0 Å². The first kappa shape index (κ1) is 13.8. The van der Waals surface area contributed by atoms with E-state index in [1.54, 1.807) is 0 Å². The van der Waals surface area contributed by atoms with Gasteiger partial charge in [-0.3, -0.25) is 10.7 Å². The van der Waals surface area contributed by atoms with E-state index < -0.39 is 19.3 Å². The number of carboxylic acid groups (broad SMARTS) is 1. The van der Waals surface area contributed by atoms with Gasteiger partial charge in [0.15, 0.2) is 5.96 Å². The van der Waals surface area contributed by atoms with Crippen molar-refractivity contribution in [3.8, 4) is 0 Å². The predicted molar refractivity (Wildman–Crippen MR) is 52.1 cm³/mol. The maximum absolute atomic E-state index is 10.6. The molecule has 0 fully saturated rings. The second-order valence-corrected chi connectivity index (χ2v) is 4.21. The molecule has 9 heteroatoms. The van der Waals surface area contributed by atoms with Gasteiger partial charge in [0, 0.05) is 13.0 Å². The van der Waals surface area contributed by atoms with Crippen molar-refractivity contribution in [1.29, 1.82) is 0 Å². The summed E-state index contributed by atoms with van der Waals surface area (Å²) in [6.45, 7) is 0.137. The van der Waals surface area contributed by atoms with Crippen LogP contribution in [0.25, 0.3) is 0 Å². The van der Waals surface area contributed by atoms with Crippen LogP contribution in [-0.4, -0.2) is 28.9 Å². The Kier molecular flexibility index (Phi) is 5.13. The summed E-state index contributed by atoms with van der Waals surface area (Å²) >= 11 is 0. The fourth-order valence-electron chi connectivity index (χ4n) is 0.833. The van der Waals surface area contributed by atoms with Gasteiger partial charge in [0.2, 0.25) is 0 Å². The number of aliphatic imine (C=N–C) groups is 1. The Morgan fingerprint density at radius 3 is 2.40 bits per heavy atom. The molecule has 1 unspecified atom stereocenters. The lowest BCUT2D eigenvalue weighted by molar-refractivity contribution is -0.173. The summed E-state index contributed by atoms with van der Waals surface area (Å²) in [6.07, 6.45) is -0.0676. The molecule has 2 atom stereocenters. The van der Waals surface area contributed by atoms with Crippen molar-refractivity contribution in [3.05, 3.63) is 0 Å². The number of aliphatic carboxylic acids is 1. The van der Waals surface area contributed by atoms with Crippen LogP contribution in [0.2, 0.25) is 0 Å². The fraction of sp³-hybridized carbons (Fsp3) is 0.667. The Labute approximate surface area is 87.0 Å². The average molecular weight is 236 g/mol. The highest BCUT2D eigenvalue weighted by Gasteiger charge is 2.46. The smallest absolute Gasteiger partial charge is 0.374 e. The molecule has 0 saturated carbocycles. The van der Waals surface area contributed by atoms with Crippen LogP contribution >= 0.6 is 8.03 Å². The summed E-state index contributed by atoms with van der Waals surface area (Å²) in [7, 11) is -3.25. The van der Waals surface area contributed by atoms with E-state index in [1.165, 1.54) is 0 Å². The standard InChI is InChI=1S/C6H13N4O4P/c7-5(8)10-3-1-2-6(9,4(11)12)15(13)14/h1-3,9H2,(H,11,12)(H4,7,8,10)/t6-/m1/s1. The Balaban J connectivity index is 4.28. The van der Waals surface area contributed by atoms with Gasteiger partial charge in [0.1, 0.15) is 0 Å². The van der Waals surface area contributed by atoms with Crippen LogP contribution in [0, 0.1) is 0 Å². The number of carbonyl (C=O) groups is 1. The van der Waals surface area contributed by atoms with E-state index in [4.69, 9.17) is 22.3 Å². The van der Waals surface area contributed by atoms with Gasteiger partial charge in [-0.15, -0.1) is 0 Å². The lowest BCUT2D eigenvalue weighted by atomic mass is 10.1. The topological polar surface area (TPSA) is 168 Å². The Morgan fingerprint density at radius 1 is 1.53 bits per heavy atom. The molecule has 0 rings (SSSR count). The van der Waals surface area contributed by atoms with E-state index in [2.05, 4.69) is 4.99 Å². The normalized spacial score (nSPS) is 15.2. The minimum atomic E-state index is -3.25. The molecule has 0 aliphatic heterocycles. The van der Waals surface area contributed by atoms with Gasteiger partial charge in [-0.2, -0.15) is 0 Å². The molecule has 15 heavy (non-hydrogen) atoms. The van der Waals surface area contributed by atoms with Crippen molar-refractivity contribution < 1.29 is 19.4 Å². The monoisotopic (exact) mass is 236 g/mol. The molecule has 0 bridgehead atoms. The fourth-order valence-corrected chi connectivity index (χ4v) is 1.33. The number of hydrogen-bond acceptors (Lipinski definition) is 5. The van der Waals surface area contributed by atoms with E-state index in [0.717, 1.165) is 0 Å². The van der Waals surface area contributed by atoms with Crippen molar-refractivity contribution in [2.45, 2.75) is 18.1 Å². The molecule has 0 aliphatic rings. The predicted octanol–water partition coefficient (Wildman–Crippen LogP) is -2.12. The van der Waals surface area contributed by atoms with Crippen molar-refractivity contribution >= 4 is 20.0 Å². The van der Waals surface area contributed by atoms with Gasteiger partial charge in [-0.25, -0.2) is 4.79 Å². The summed E-state index contributed by atoms with van der Waals surface area (Å²) < 4.78 is 10.6. The zero-order chi connectivity index (χ0) is 12.1. The Hall–Kier alpha value is -1.24. The van der Waals surface area contributed by atoms with Crippen molar-refractivity contribution in [3.63, 3.8) is 0 Å². The summed E-state index contributed by atoms with van der Waals surface area (Å²) in [5, 5.41) is 6.38. The van der Waals surface area contributed by atoms with Crippen molar-refractivity contribution in [2.75, 3.05) is 6.54 Å². The van der Waals surface area contributed by atoms with E-state index in [1.807, 2.05) is 0 Å². The van der Waals surface area contributed by atoms with Gasteiger partial charge in [-0.1, -0.05) is 4.57 Å². The third-order valence-corrected chi connectivity index (χ3v) is 2.77. The lowest BCUT2D eigenvalue weighted by Crippen LogP contribution is -2.46. The van der Waals surface area contributed by atoms with Gasteiger partial charge < -0.3 is 21.5 Å². The molecule has 0 spiro atoms. The van der Waals surface area contributed by atoms with Crippen LogP contribution in [0.3, 0.4) is 0 Å². The number of nitrogens with zero attached hydrogens (tertiary/aromatic N) is 1. The molecule has 86 valence electrons. The van der Waals surface area contributed by atoms with Crippen molar-refractivity contribution in [2.24, 2.45) is 22.2 Å². The summed E-state index contributed by atoms with van der Waals surface area (Å²) in [4.78, 5) is 24.8. The van der Waals surface area contributed by atoms with Gasteiger partial charge in [-0.05, 0) is 6.42 Å². The first-order valence-corrected chi connectivity index (χ1v) is 5.20. The molecule has 0 aliphatic carbocycles. The molecular formula is C6H13N4O4P. The quantitative estimate of drug-likeness (QED) is 0.177. The molecule has 0 saturated heterocycles. The molecule has 8 nitrogen and oxygen atoms in total. The second-order valence-electron chi connectivity index (χ2n) is 2.90. The van der Waals surface area contributed by atoms with E-state index in [9.17, 15) is 14.3 Å². The molecule has 7 N–H and O–H groups in total. The first-order chi connectivity index (χ1) is 6.80. The molecule has 0 aromatic heterocycles. The summed E-state index contributed by atoms with van der Waals surface area (Å²) in [5.74, 6) is -1.72. The van der Waals surface area contributed by atoms with Crippen LogP contribution in [0.1, 0.15) is 12.8 Å². The zero-order valence-corrected chi connectivity index (χ0v) is 8.81. The van der Waals surface area contributed by atoms with Crippen LogP contribution in [-0.2, 0) is 9.36 Å². The minimum Gasteiger partial charge on any atom is -0.594 e. The molecule has 0 radical (unpaired) electrons. The second kappa shape index (κ2) is 5.59. The van der Waals surface area contributed by atoms with E-state index >= 15 is 0 Å². The first-order valence-electron chi connectivity index (χ1n) is 4.03. The Morgan fingerprint density at radius 2 is 2.07 bits per heavy atom. The number of hydrogen-bond donors (Lipinski definition) is 4. The summed E-state index contributed by atoms with van der Waals surface area (Å²) in [6, 6.07) is 0. The number of rotatable bonds is 6.